The SMILES string of the molecule is CCCCCCCC/C=C\CCCCCCCC(=O)OOOC(C)(C)C. The highest BCUT2D eigenvalue weighted by Crippen LogP contribution is 2.11. The Labute approximate surface area is 161 Å². The fourth-order valence-electron chi connectivity index (χ4n) is 2.54. The monoisotopic (exact) mass is 370 g/mol. The van der Waals surface area contributed by atoms with E-state index in [1.54, 1.807) is 0 Å². The van der Waals surface area contributed by atoms with Crippen LogP contribution >= 0.6 is 0 Å². The zero-order valence-electron chi connectivity index (χ0n) is 17.7. The summed E-state index contributed by atoms with van der Waals surface area (Å²) in [5.74, 6) is -0.369. The molecule has 0 aliphatic rings. The molecule has 0 unspecified atom stereocenters. The number of carbonyl (C=O) groups excluding carboxylic acids is 1. The Morgan fingerprint density at radius 1 is 0.769 bits per heavy atom. The molecule has 154 valence electrons. The Hall–Kier alpha value is -0.870. The first-order valence-electron chi connectivity index (χ1n) is 10.7. The van der Waals surface area contributed by atoms with E-state index in [0.717, 1.165) is 19.3 Å². The van der Waals surface area contributed by atoms with Crippen LogP contribution in [0.5, 0.6) is 0 Å². The Bertz CT molecular complexity index is 345. The van der Waals surface area contributed by atoms with Crippen LogP contribution in [0.3, 0.4) is 0 Å². The minimum absolute atomic E-state index is 0.369. The predicted molar refractivity (Wildman–Crippen MR) is 107 cm³/mol. The third-order valence-corrected chi connectivity index (χ3v) is 4.05. The van der Waals surface area contributed by atoms with Gasteiger partial charge in [0.15, 0.2) is 0 Å². The molecule has 0 aliphatic carbocycles. The molecule has 0 aromatic heterocycles. The molecule has 0 aromatic rings. The molecule has 0 aliphatic heterocycles. The topological polar surface area (TPSA) is 44.8 Å². The molecule has 0 N–H and O–H groups in total. The Morgan fingerprint density at radius 2 is 1.27 bits per heavy atom. The molecule has 4 nitrogen and oxygen atoms in total. The van der Waals surface area contributed by atoms with Crippen molar-refractivity contribution in [1.29, 1.82) is 0 Å². The van der Waals surface area contributed by atoms with E-state index in [0.29, 0.717) is 6.42 Å². The van der Waals surface area contributed by atoms with Gasteiger partial charge in [-0.25, -0.2) is 4.79 Å². The van der Waals surface area contributed by atoms with Crippen molar-refractivity contribution >= 4 is 5.97 Å². The van der Waals surface area contributed by atoms with Crippen LogP contribution in [0.2, 0.25) is 0 Å². The number of rotatable bonds is 17. The second kappa shape index (κ2) is 17.5. The van der Waals surface area contributed by atoms with Crippen molar-refractivity contribution in [3.05, 3.63) is 12.2 Å². The molecule has 0 heterocycles. The van der Waals surface area contributed by atoms with Crippen LogP contribution in [0.4, 0.5) is 0 Å². The van der Waals surface area contributed by atoms with Gasteiger partial charge in [-0.2, -0.15) is 4.89 Å². The van der Waals surface area contributed by atoms with E-state index in [-0.39, 0.29) is 5.97 Å². The molecule has 0 saturated heterocycles. The molecule has 0 atom stereocenters. The first-order valence-corrected chi connectivity index (χ1v) is 10.7. The largest absolute Gasteiger partial charge is 0.345 e. The van der Waals surface area contributed by atoms with Gasteiger partial charge in [0.25, 0.3) is 0 Å². The number of hydrogen-bond donors (Lipinski definition) is 0. The van der Waals surface area contributed by atoms with Crippen molar-refractivity contribution in [1.82, 2.24) is 0 Å². The normalized spacial score (nSPS) is 12.0. The third-order valence-electron chi connectivity index (χ3n) is 4.05. The summed E-state index contributed by atoms with van der Waals surface area (Å²) in [7, 11) is 0. The average Bonchev–Trinajstić information content (AvgIpc) is 2.57. The fourth-order valence-corrected chi connectivity index (χ4v) is 2.54. The van der Waals surface area contributed by atoms with Crippen LogP contribution in [-0.2, 0) is 19.6 Å². The molecule has 0 fully saturated rings. The highest BCUT2D eigenvalue weighted by atomic mass is 17.5. The summed E-state index contributed by atoms with van der Waals surface area (Å²) in [6.07, 6.45) is 21.2. The Balaban J connectivity index is 3.25. The molecule has 0 saturated carbocycles. The second-order valence-corrected chi connectivity index (χ2v) is 8.05. The van der Waals surface area contributed by atoms with Crippen LogP contribution in [0.1, 0.15) is 118 Å². The lowest BCUT2D eigenvalue weighted by Crippen LogP contribution is -2.20. The molecular formula is C22H42O4. The van der Waals surface area contributed by atoms with Gasteiger partial charge in [-0.1, -0.05) is 70.4 Å². The highest BCUT2D eigenvalue weighted by Gasteiger charge is 2.13. The van der Waals surface area contributed by atoms with Gasteiger partial charge in [-0.3, -0.25) is 4.89 Å². The first kappa shape index (κ1) is 25.1. The van der Waals surface area contributed by atoms with E-state index in [4.69, 9.17) is 4.89 Å². The zero-order chi connectivity index (χ0) is 19.5. The minimum atomic E-state index is -0.483. The maximum Gasteiger partial charge on any atom is 0.345 e. The van der Waals surface area contributed by atoms with Crippen molar-refractivity contribution in [3.8, 4) is 0 Å². The number of hydrogen-bond acceptors (Lipinski definition) is 4. The van der Waals surface area contributed by atoms with Gasteiger partial charge in [0.1, 0.15) is 0 Å². The van der Waals surface area contributed by atoms with E-state index in [1.165, 1.54) is 64.2 Å². The third kappa shape index (κ3) is 21.2. The van der Waals surface area contributed by atoms with Crippen LogP contribution in [0.15, 0.2) is 12.2 Å². The van der Waals surface area contributed by atoms with E-state index >= 15 is 0 Å². The maximum atomic E-state index is 11.4. The lowest BCUT2D eigenvalue weighted by molar-refractivity contribution is -0.514. The van der Waals surface area contributed by atoms with Gasteiger partial charge >= 0.3 is 5.97 Å². The summed E-state index contributed by atoms with van der Waals surface area (Å²) < 4.78 is 0. The lowest BCUT2D eigenvalue weighted by Gasteiger charge is -2.15. The molecule has 0 radical (unpaired) electrons. The van der Waals surface area contributed by atoms with Gasteiger partial charge in [0, 0.05) is 6.42 Å². The molecule has 0 aromatic carbocycles. The second-order valence-electron chi connectivity index (χ2n) is 8.05. The van der Waals surface area contributed by atoms with E-state index in [9.17, 15) is 4.79 Å². The molecule has 4 heteroatoms. The quantitative estimate of drug-likeness (QED) is 0.117. The number of allylic oxidation sites excluding steroid dienone is 2. The predicted octanol–water partition coefficient (Wildman–Crippen LogP) is 7.23. The van der Waals surface area contributed by atoms with Gasteiger partial charge in [0.05, 0.1) is 5.60 Å². The summed E-state index contributed by atoms with van der Waals surface area (Å²) in [5, 5.41) is 4.48. The molecule has 0 bridgehead atoms. The van der Waals surface area contributed by atoms with Gasteiger partial charge in [0.2, 0.25) is 0 Å². The van der Waals surface area contributed by atoms with Crippen molar-refractivity contribution in [3.63, 3.8) is 0 Å². The standard InChI is InChI=1S/C22H42O4/c1-5-6-7-8-9-10-11-12-13-14-15-16-17-18-19-20-21(23)24-26-25-22(2,3)4/h12-13H,5-11,14-20H2,1-4H3/b13-12-. The van der Waals surface area contributed by atoms with Gasteiger partial charge < -0.3 is 0 Å². The lowest BCUT2D eigenvalue weighted by atomic mass is 10.1. The molecular weight excluding hydrogens is 328 g/mol. The van der Waals surface area contributed by atoms with E-state index in [2.05, 4.69) is 29.0 Å². The molecule has 0 amide bonds. The van der Waals surface area contributed by atoms with Crippen molar-refractivity contribution in [2.75, 3.05) is 0 Å². The van der Waals surface area contributed by atoms with Crippen molar-refractivity contribution < 1.29 is 19.6 Å². The molecule has 0 spiro atoms. The summed E-state index contributed by atoms with van der Waals surface area (Å²) in [5.41, 5.74) is -0.483. The van der Waals surface area contributed by atoms with Crippen LogP contribution in [-0.4, -0.2) is 11.6 Å². The molecule has 0 rings (SSSR count). The van der Waals surface area contributed by atoms with Crippen molar-refractivity contribution in [2.45, 2.75) is 123 Å². The van der Waals surface area contributed by atoms with E-state index < -0.39 is 5.60 Å². The molecule has 26 heavy (non-hydrogen) atoms. The fraction of sp³-hybridized carbons (Fsp3) is 0.864. The van der Waals surface area contributed by atoms with Crippen molar-refractivity contribution in [2.24, 2.45) is 0 Å². The smallest absolute Gasteiger partial charge is 0.269 e. The summed E-state index contributed by atoms with van der Waals surface area (Å²) >= 11 is 0. The number of carbonyl (C=O) groups is 1. The average molecular weight is 371 g/mol. The zero-order valence-corrected chi connectivity index (χ0v) is 17.7. The van der Waals surface area contributed by atoms with Crippen LogP contribution in [0, 0.1) is 0 Å². The van der Waals surface area contributed by atoms with E-state index in [1.807, 2.05) is 20.8 Å². The van der Waals surface area contributed by atoms with Crippen LogP contribution < -0.4 is 0 Å². The summed E-state index contributed by atoms with van der Waals surface area (Å²) in [6.45, 7) is 7.73. The first-order chi connectivity index (χ1) is 12.5. The number of unbranched alkanes of at least 4 members (excludes halogenated alkanes) is 11. The van der Waals surface area contributed by atoms with Crippen LogP contribution in [0.25, 0.3) is 0 Å². The minimum Gasteiger partial charge on any atom is -0.269 e. The highest BCUT2D eigenvalue weighted by molar-refractivity contribution is 5.68. The maximum absolute atomic E-state index is 11.4. The van der Waals surface area contributed by atoms with Gasteiger partial charge in [-0.05, 0) is 57.9 Å². The Morgan fingerprint density at radius 3 is 1.81 bits per heavy atom. The summed E-state index contributed by atoms with van der Waals surface area (Å²) in [4.78, 5) is 20.9. The summed E-state index contributed by atoms with van der Waals surface area (Å²) in [6, 6.07) is 0. The van der Waals surface area contributed by atoms with Gasteiger partial charge in [-0.15, -0.1) is 0 Å². The Kier molecular flexibility index (Phi) is 17.0.